The second-order valence-electron chi connectivity index (χ2n) is 5.22. The molecule has 1 aromatic rings. The minimum Gasteiger partial charge on any atom is -0.508 e. The van der Waals surface area contributed by atoms with E-state index in [1.165, 1.54) is 30.7 Å². The first kappa shape index (κ1) is 13.4. The highest BCUT2D eigenvalue weighted by atomic mass is 32.2. The quantitative estimate of drug-likeness (QED) is 0.885. The Morgan fingerprint density at radius 2 is 1.89 bits per heavy atom. The first-order valence-corrected chi connectivity index (χ1v) is 7.73. The van der Waals surface area contributed by atoms with Crippen LogP contribution in [-0.4, -0.2) is 19.1 Å². The van der Waals surface area contributed by atoms with E-state index in [4.69, 9.17) is 0 Å². The molecule has 100 valence electrons. The Kier molecular flexibility index (Phi) is 3.64. The first-order valence-electron chi connectivity index (χ1n) is 6.24. The molecule has 0 amide bonds. The molecular formula is C13H19NO3S. The molecule has 0 radical (unpaired) electrons. The lowest BCUT2D eigenvalue weighted by atomic mass is 9.84. The van der Waals surface area contributed by atoms with Crippen LogP contribution in [0.2, 0.25) is 0 Å². The van der Waals surface area contributed by atoms with E-state index in [0.29, 0.717) is 0 Å². The molecule has 1 aromatic carbocycles. The second-order valence-corrected chi connectivity index (χ2v) is 6.91. The van der Waals surface area contributed by atoms with Crippen molar-refractivity contribution in [2.45, 2.75) is 49.5 Å². The van der Waals surface area contributed by atoms with Crippen molar-refractivity contribution >= 4 is 10.0 Å². The van der Waals surface area contributed by atoms with Crippen molar-refractivity contribution in [3.05, 3.63) is 24.3 Å². The number of phenols is 1. The van der Waals surface area contributed by atoms with E-state index < -0.39 is 10.0 Å². The molecule has 0 spiro atoms. The van der Waals surface area contributed by atoms with Crippen molar-refractivity contribution < 1.29 is 13.5 Å². The highest BCUT2D eigenvalue weighted by molar-refractivity contribution is 7.89. The average Bonchev–Trinajstić information content (AvgIpc) is 2.28. The fourth-order valence-corrected chi connectivity index (χ4v) is 3.97. The zero-order valence-electron chi connectivity index (χ0n) is 10.5. The first-order chi connectivity index (χ1) is 8.41. The van der Waals surface area contributed by atoms with Crippen molar-refractivity contribution in [1.29, 1.82) is 0 Å². The molecule has 2 rings (SSSR count). The van der Waals surface area contributed by atoms with Crippen molar-refractivity contribution in [2.75, 3.05) is 0 Å². The van der Waals surface area contributed by atoms with Gasteiger partial charge in [0.15, 0.2) is 0 Å². The van der Waals surface area contributed by atoms with E-state index in [-0.39, 0.29) is 16.2 Å². The van der Waals surface area contributed by atoms with Crippen LogP contribution in [0.25, 0.3) is 0 Å². The second kappa shape index (κ2) is 4.90. The molecule has 0 unspecified atom stereocenters. The van der Waals surface area contributed by atoms with Gasteiger partial charge in [0.2, 0.25) is 10.0 Å². The van der Waals surface area contributed by atoms with Gasteiger partial charge >= 0.3 is 0 Å². The van der Waals surface area contributed by atoms with Gasteiger partial charge in [-0.15, -0.1) is 0 Å². The van der Waals surface area contributed by atoms with Crippen LogP contribution >= 0.6 is 0 Å². The van der Waals surface area contributed by atoms with E-state index in [9.17, 15) is 13.5 Å². The highest BCUT2D eigenvalue weighted by Gasteiger charge is 2.32. The molecule has 18 heavy (non-hydrogen) atoms. The molecular weight excluding hydrogens is 250 g/mol. The Morgan fingerprint density at radius 1 is 1.22 bits per heavy atom. The van der Waals surface area contributed by atoms with Crippen molar-refractivity contribution in [3.63, 3.8) is 0 Å². The van der Waals surface area contributed by atoms with Crippen LogP contribution in [0, 0.1) is 0 Å². The van der Waals surface area contributed by atoms with Crippen LogP contribution in [0.15, 0.2) is 29.2 Å². The molecule has 1 aliphatic rings. The summed E-state index contributed by atoms with van der Waals surface area (Å²) in [5, 5.41) is 9.35. The summed E-state index contributed by atoms with van der Waals surface area (Å²) in [6, 6.07) is 5.76. The normalized spacial score (nSPS) is 19.6. The van der Waals surface area contributed by atoms with Gasteiger partial charge in [0.05, 0.1) is 4.90 Å². The van der Waals surface area contributed by atoms with E-state index in [0.717, 1.165) is 25.7 Å². The van der Waals surface area contributed by atoms with E-state index in [1.54, 1.807) is 0 Å². The molecule has 5 heteroatoms. The van der Waals surface area contributed by atoms with Gasteiger partial charge < -0.3 is 5.11 Å². The van der Waals surface area contributed by atoms with Crippen LogP contribution in [0.4, 0.5) is 0 Å². The molecule has 0 aromatic heterocycles. The third-order valence-corrected chi connectivity index (χ3v) is 5.10. The predicted octanol–water partition coefficient (Wildman–Crippen LogP) is 2.39. The lowest BCUT2D eigenvalue weighted by Gasteiger charge is -2.34. The Balaban J connectivity index is 2.21. The number of nitrogens with one attached hydrogen (secondary N) is 1. The van der Waals surface area contributed by atoms with E-state index >= 15 is 0 Å². The summed E-state index contributed by atoms with van der Waals surface area (Å²) in [7, 11) is -3.55. The van der Waals surface area contributed by atoms with Crippen LogP contribution in [0.1, 0.15) is 39.0 Å². The smallest absolute Gasteiger partial charge is 0.241 e. The number of aromatic hydroxyl groups is 1. The molecule has 2 N–H and O–H groups in total. The number of benzene rings is 1. The lowest BCUT2D eigenvalue weighted by Crippen LogP contribution is -2.47. The van der Waals surface area contributed by atoms with Crippen molar-refractivity contribution in [3.8, 4) is 5.75 Å². The Labute approximate surface area is 108 Å². The third-order valence-electron chi connectivity index (χ3n) is 3.47. The monoisotopic (exact) mass is 269 g/mol. The summed E-state index contributed by atoms with van der Waals surface area (Å²) < 4.78 is 27.2. The highest BCUT2D eigenvalue weighted by Crippen LogP contribution is 2.29. The van der Waals surface area contributed by atoms with Crippen LogP contribution in [-0.2, 0) is 10.0 Å². The fourth-order valence-electron chi connectivity index (χ4n) is 2.47. The van der Waals surface area contributed by atoms with E-state index in [2.05, 4.69) is 4.72 Å². The minimum absolute atomic E-state index is 0.0355. The summed E-state index contributed by atoms with van der Waals surface area (Å²) in [6.45, 7) is 1.95. The molecule has 0 atom stereocenters. The van der Waals surface area contributed by atoms with Crippen LogP contribution < -0.4 is 4.72 Å². The molecule has 0 heterocycles. The van der Waals surface area contributed by atoms with Gasteiger partial charge in [-0.05, 0) is 38.0 Å². The zero-order valence-corrected chi connectivity index (χ0v) is 11.3. The van der Waals surface area contributed by atoms with Gasteiger partial charge in [-0.2, -0.15) is 0 Å². The molecule has 1 aliphatic carbocycles. The zero-order chi connectivity index (χ0) is 13.2. The van der Waals surface area contributed by atoms with Crippen molar-refractivity contribution in [2.24, 2.45) is 0 Å². The SMILES string of the molecule is CC1(NS(=O)(=O)c2cccc(O)c2)CCCCC1. The molecule has 0 bridgehead atoms. The van der Waals surface area contributed by atoms with Gasteiger partial charge in [-0.1, -0.05) is 25.3 Å². The Hall–Kier alpha value is -1.07. The topological polar surface area (TPSA) is 66.4 Å². The van der Waals surface area contributed by atoms with Gasteiger partial charge in [0, 0.05) is 5.54 Å². The summed E-state index contributed by atoms with van der Waals surface area (Å²) in [4.78, 5) is 0.120. The fraction of sp³-hybridized carbons (Fsp3) is 0.538. The summed E-state index contributed by atoms with van der Waals surface area (Å²) in [5.41, 5.74) is -0.359. The van der Waals surface area contributed by atoms with Gasteiger partial charge in [-0.25, -0.2) is 13.1 Å². The largest absolute Gasteiger partial charge is 0.508 e. The molecule has 0 aliphatic heterocycles. The van der Waals surface area contributed by atoms with Gasteiger partial charge in [-0.3, -0.25) is 0 Å². The molecule has 1 fully saturated rings. The third kappa shape index (κ3) is 3.03. The lowest BCUT2D eigenvalue weighted by molar-refractivity contribution is 0.294. The van der Waals surface area contributed by atoms with Crippen molar-refractivity contribution in [1.82, 2.24) is 4.72 Å². The summed E-state index contributed by atoms with van der Waals surface area (Å²) >= 11 is 0. The van der Waals surface area contributed by atoms with Crippen LogP contribution in [0.5, 0.6) is 5.75 Å². The van der Waals surface area contributed by atoms with Gasteiger partial charge in [0.1, 0.15) is 5.75 Å². The van der Waals surface area contributed by atoms with E-state index in [1.807, 2.05) is 6.92 Å². The maximum atomic E-state index is 12.2. The number of sulfonamides is 1. The number of phenolic OH excluding ortho intramolecular Hbond substituents is 1. The number of rotatable bonds is 3. The maximum absolute atomic E-state index is 12.2. The predicted molar refractivity (Wildman–Crippen MR) is 69.9 cm³/mol. The molecule has 4 nitrogen and oxygen atoms in total. The number of hydrogen-bond donors (Lipinski definition) is 2. The van der Waals surface area contributed by atoms with Crippen LogP contribution in [0.3, 0.4) is 0 Å². The summed E-state index contributed by atoms with van der Waals surface area (Å²) in [5.74, 6) is -0.0355. The Morgan fingerprint density at radius 3 is 2.50 bits per heavy atom. The summed E-state index contributed by atoms with van der Waals surface area (Å²) in [6.07, 6.45) is 5.01. The molecule has 1 saturated carbocycles. The number of hydrogen-bond acceptors (Lipinski definition) is 3. The average molecular weight is 269 g/mol. The molecule has 0 saturated heterocycles. The Bertz CT molecular complexity index is 519. The standard InChI is InChI=1S/C13H19NO3S/c1-13(8-3-2-4-9-13)14-18(16,17)12-7-5-6-11(15)10-12/h5-7,10,14-15H,2-4,8-9H2,1H3. The van der Waals surface area contributed by atoms with Gasteiger partial charge in [0.25, 0.3) is 0 Å². The maximum Gasteiger partial charge on any atom is 0.241 e. The minimum atomic E-state index is -3.55.